The normalized spacial score (nSPS) is 11.4. The lowest BCUT2D eigenvalue weighted by molar-refractivity contribution is -0.386. The van der Waals surface area contributed by atoms with Crippen LogP contribution in [0.4, 0.5) is 10.1 Å². The zero-order valence-electron chi connectivity index (χ0n) is 8.18. The molecular formula is C8H8FNO5S. The van der Waals surface area contributed by atoms with Gasteiger partial charge < -0.3 is 0 Å². The Kier molecular flexibility index (Phi) is 3.24. The first-order valence-electron chi connectivity index (χ1n) is 4.10. The summed E-state index contributed by atoms with van der Waals surface area (Å²) in [5.74, 6) is -2.15. The standard InChI is InChI=1S/C8H8FNO5S/c1-5-2-3-7(9)6(4-16(13,14)15)8(5)10(11)12/h2-3H,4H2,1H3,(H,13,14,15). The Bertz CT molecular complexity index is 540. The Morgan fingerprint density at radius 3 is 2.50 bits per heavy atom. The largest absolute Gasteiger partial charge is 0.285 e. The Labute approximate surface area is 90.6 Å². The molecule has 0 amide bonds. The summed E-state index contributed by atoms with van der Waals surface area (Å²) in [6.07, 6.45) is 0. The minimum atomic E-state index is -4.52. The minimum Gasteiger partial charge on any atom is -0.285 e. The fraction of sp³-hybridized carbons (Fsp3) is 0.250. The van der Waals surface area contributed by atoms with Crippen LogP contribution in [0, 0.1) is 22.9 Å². The summed E-state index contributed by atoms with van der Waals surface area (Å²) in [5.41, 5.74) is -1.13. The van der Waals surface area contributed by atoms with Crippen LogP contribution >= 0.6 is 0 Å². The molecule has 0 saturated heterocycles. The maximum absolute atomic E-state index is 13.2. The van der Waals surface area contributed by atoms with Crippen molar-refractivity contribution in [3.05, 3.63) is 39.2 Å². The van der Waals surface area contributed by atoms with Gasteiger partial charge in [0.1, 0.15) is 11.6 Å². The fourth-order valence-electron chi connectivity index (χ4n) is 1.30. The number of rotatable bonds is 3. The summed E-state index contributed by atoms with van der Waals surface area (Å²) in [7, 11) is -4.52. The van der Waals surface area contributed by atoms with Crippen molar-refractivity contribution in [2.75, 3.05) is 0 Å². The highest BCUT2D eigenvalue weighted by Crippen LogP contribution is 2.27. The van der Waals surface area contributed by atoms with Gasteiger partial charge in [-0.2, -0.15) is 8.42 Å². The van der Waals surface area contributed by atoms with E-state index >= 15 is 0 Å². The zero-order chi connectivity index (χ0) is 12.5. The van der Waals surface area contributed by atoms with Gasteiger partial charge in [0.15, 0.2) is 0 Å². The molecule has 8 heteroatoms. The third-order valence-corrected chi connectivity index (χ3v) is 2.59. The third kappa shape index (κ3) is 2.74. The number of nitrogens with zero attached hydrogens (tertiary/aromatic N) is 1. The maximum Gasteiger partial charge on any atom is 0.279 e. The van der Waals surface area contributed by atoms with Crippen molar-refractivity contribution in [1.82, 2.24) is 0 Å². The van der Waals surface area contributed by atoms with Crippen LogP contribution in [0.25, 0.3) is 0 Å². The molecule has 1 aromatic rings. The Morgan fingerprint density at radius 2 is 2.06 bits per heavy atom. The van der Waals surface area contributed by atoms with Gasteiger partial charge in [0.2, 0.25) is 0 Å². The predicted molar refractivity (Wildman–Crippen MR) is 53.0 cm³/mol. The van der Waals surface area contributed by atoms with Crippen LogP contribution < -0.4 is 0 Å². The molecular weight excluding hydrogens is 241 g/mol. The van der Waals surface area contributed by atoms with Crippen molar-refractivity contribution in [3.8, 4) is 0 Å². The van der Waals surface area contributed by atoms with Gasteiger partial charge in [0.25, 0.3) is 15.8 Å². The molecule has 1 N–H and O–H groups in total. The summed E-state index contributed by atoms with van der Waals surface area (Å²) >= 11 is 0. The molecule has 0 bridgehead atoms. The quantitative estimate of drug-likeness (QED) is 0.496. The number of benzene rings is 1. The second-order valence-corrected chi connectivity index (χ2v) is 4.63. The lowest BCUT2D eigenvalue weighted by atomic mass is 10.1. The highest BCUT2D eigenvalue weighted by atomic mass is 32.2. The lowest BCUT2D eigenvalue weighted by Gasteiger charge is -2.04. The van der Waals surface area contributed by atoms with Crippen molar-refractivity contribution < 1.29 is 22.3 Å². The van der Waals surface area contributed by atoms with Gasteiger partial charge in [-0.3, -0.25) is 14.7 Å². The maximum atomic E-state index is 13.2. The number of aryl methyl sites for hydroxylation is 1. The Hall–Kier alpha value is -1.54. The lowest BCUT2D eigenvalue weighted by Crippen LogP contribution is -2.08. The zero-order valence-corrected chi connectivity index (χ0v) is 8.99. The van der Waals surface area contributed by atoms with Crippen LogP contribution in [-0.2, 0) is 15.9 Å². The molecule has 0 fully saturated rings. The SMILES string of the molecule is Cc1ccc(F)c(CS(=O)(=O)O)c1[N+](=O)[O-]. The van der Waals surface area contributed by atoms with Gasteiger partial charge in [-0.1, -0.05) is 0 Å². The number of hydrogen-bond donors (Lipinski definition) is 1. The molecule has 1 rings (SSSR count). The van der Waals surface area contributed by atoms with Gasteiger partial charge in [0.05, 0.1) is 10.5 Å². The molecule has 0 heterocycles. The molecule has 6 nitrogen and oxygen atoms in total. The second-order valence-electron chi connectivity index (χ2n) is 3.17. The molecule has 0 unspecified atom stereocenters. The number of hydrogen-bond acceptors (Lipinski definition) is 4. The van der Waals surface area contributed by atoms with Crippen molar-refractivity contribution in [1.29, 1.82) is 0 Å². The molecule has 0 aliphatic carbocycles. The van der Waals surface area contributed by atoms with Gasteiger partial charge in [-0.15, -0.1) is 0 Å². The number of halogens is 1. The first kappa shape index (κ1) is 12.5. The molecule has 0 aliphatic rings. The number of nitro groups is 1. The highest BCUT2D eigenvalue weighted by molar-refractivity contribution is 7.85. The van der Waals surface area contributed by atoms with Crippen LogP contribution in [0.2, 0.25) is 0 Å². The first-order valence-corrected chi connectivity index (χ1v) is 5.71. The highest BCUT2D eigenvalue weighted by Gasteiger charge is 2.24. The first-order chi connectivity index (χ1) is 7.22. The third-order valence-electron chi connectivity index (χ3n) is 1.94. The minimum absolute atomic E-state index is 0.130. The predicted octanol–water partition coefficient (Wildman–Crippen LogP) is 1.43. The van der Waals surface area contributed by atoms with Crippen LogP contribution in [0.15, 0.2) is 12.1 Å². The Morgan fingerprint density at radius 1 is 1.50 bits per heavy atom. The smallest absolute Gasteiger partial charge is 0.279 e. The Balaban J connectivity index is 3.46. The van der Waals surface area contributed by atoms with Crippen LogP contribution in [0.3, 0.4) is 0 Å². The average molecular weight is 249 g/mol. The van der Waals surface area contributed by atoms with Crippen LogP contribution in [-0.4, -0.2) is 17.9 Å². The van der Waals surface area contributed by atoms with Crippen molar-refractivity contribution in [3.63, 3.8) is 0 Å². The van der Waals surface area contributed by atoms with E-state index in [0.717, 1.165) is 6.07 Å². The molecule has 0 aromatic heterocycles. The summed E-state index contributed by atoms with van der Waals surface area (Å²) in [5, 5.41) is 10.6. The molecule has 1 aromatic carbocycles. The topological polar surface area (TPSA) is 97.5 Å². The van der Waals surface area contributed by atoms with E-state index in [-0.39, 0.29) is 5.56 Å². The van der Waals surface area contributed by atoms with E-state index in [1.165, 1.54) is 13.0 Å². The molecule has 0 atom stereocenters. The molecule has 0 radical (unpaired) electrons. The van der Waals surface area contributed by atoms with E-state index in [4.69, 9.17) is 4.55 Å². The van der Waals surface area contributed by atoms with Gasteiger partial charge in [0, 0.05) is 5.56 Å². The molecule has 0 spiro atoms. The van der Waals surface area contributed by atoms with Crippen LogP contribution in [0.5, 0.6) is 0 Å². The van der Waals surface area contributed by atoms with Crippen molar-refractivity contribution in [2.24, 2.45) is 0 Å². The molecule has 0 saturated carbocycles. The van der Waals surface area contributed by atoms with E-state index in [1.807, 2.05) is 0 Å². The van der Waals surface area contributed by atoms with Crippen molar-refractivity contribution >= 4 is 15.8 Å². The van der Waals surface area contributed by atoms with Crippen molar-refractivity contribution in [2.45, 2.75) is 12.7 Å². The van der Waals surface area contributed by atoms with Gasteiger partial charge in [-0.25, -0.2) is 4.39 Å². The number of nitro benzene ring substituents is 1. The summed E-state index contributed by atoms with van der Waals surface area (Å²) in [6, 6.07) is 2.09. The molecule has 16 heavy (non-hydrogen) atoms. The summed E-state index contributed by atoms with van der Waals surface area (Å²) < 4.78 is 43.0. The van der Waals surface area contributed by atoms with E-state index in [0.29, 0.717) is 0 Å². The summed E-state index contributed by atoms with van der Waals surface area (Å²) in [4.78, 5) is 9.77. The second kappa shape index (κ2) is 4.14. The average Bonchev–Trinajstić information content (AvgIpc) is 2.08. The summed E-state index contributed by atoms with van der Waals surface area (Å²) in [6.45, 7) is 1.35. The van der Waals surface area contributed by atoms with Gasteiger partial charge >= 0.3 is 0 Å². The van der Waals surface area contributed by atoms with E-state index in [2.05, 4.69) is 0 Å². The van der Waals surface area contributed by atoms with E-state index in [9.17, 15) is 22.9 Å². The van der Waals surface area contributed by atoms with E-state index in [1.54, 1.807) is 0 Å². The van der Waals surface area contributed by atoms with E-state index < -0.39 is 37.9 Å². The molecule has 0 aliphatic heterocycles. The van der Waals surface area contributed by atoms with Gasteiger partial charge in [-0.05, 0) is 19.1 Å². The molecule has 88 valence electrons. The van der Waals surface area contributed by atoms with Crippen LogP contribution in [0.1, 0.15) is 11.1 Å². The monoisotopic (exact) mass is 249 g/mol. The fourth-order valence-corrected chi connectivity index (χ4v) is 1.94.